The fourth-order valence-corrected chi connectivity index (χ4v) is 4.78. The van der Waals surface area contributed by atoms with Gasteiger partial charge in [0.1, 0.15) is 0 Å². The van der Waals surface area contributed by atoms with Gasteiger partial charge >= 0.3 is 0 Å². The van der Waals surface area contributed by atoms with E-state index in [4.69, 9.17) is 0 Å². The fourth-order valence-electron chi connectivity index (χ4n) is 4.78. The van der Waals surface area contributed by atoms with E-state index in [-0.39, 0.29) is 16.2 Å². The first kappa shape index (κ1) is 21.7. The Bertz CT molecular complexity index is 1060. The summed E-state index contributed by atoms with van der Waals surface area (Å²) in [5, 5.41) is 3.76. The summed E-state index contributed by atoms with van der Waals surface area (Å²) in [6.07, 6.45) is 2.44. The molecule has 0 aliphatic heterocycles. The summed E-state index contributed by atoms with van der Waals surface area (Å²) in [7, 11) is 0. The molecule has 0 unspecified atom stereocenters. The minimum atomic E-state index is 0.162. The lowest BCUT2D eigenvalue weighted by molar-refractivity contribution is 0.332. The SMILES string of the molecule is CC(C)(C)c1ccc(Nc2cc3c(cc2-c2ccccc2)C(C)(C)CCC3(C)C)cc1. The molecule has 0 aromatic heterocycles. The van der Waals surface area contributed by atoms with E-state index in [9.17, 15) is 0 Å². The summed E-state index contributed by atoms with van der Waals surface area (Å²) in [4.78, 5) is 0. The second-order valence-corrected chi connectivity index (χ2v) is 11.5. The smallest absolute Gasteiger partial charge is 0.0467 e. The number of hydrogen-bond donors (Lipinski definition) is 1. The Hall–Kier alpha value is -2.54. The van der Waals surface area contributed by atoms with Gasteiger partial charge in [0, 0.05) is 16.9 Å². The van der Waals surface area contributed by atoms with Gasteiger partial charge in [-0.3, -0.25) is 0 Å². The van der Waals surface area contributed by atoms with Gasteiger partial charge in [0.05, 0.1) is 0 Å². The molecule has 0 saturated heterocycles. The molecule has 0 heterocycles. The third kappa shape index (κ3) is 4.28. The molecule has 0 saturated carbocycles. The van der Waals surface area contributed by atoms with E-state index in [1.807, 2.05) is 0 Å². The van der Waals surface area contributed by atoms with Crippen molar-refractivity contribution in [3.8, 4) is 11.1 Å². The zero-order valence-electron chi connectivity index (χ0n) is 20.3. The summed E-state index contributed by atoms with van der Waals surface area (Å²) < 4.78 is 0. The summed E-state index contributed by atoms with van der Waals surface area (Å²) in [5.74, 6) is 0. The van der Waals surface area contributed by atoms with Gasteiger partial charge < -0.3 is 5.32 Å². The van der Waals surface area contributed by atoms with E-state index >= 15 is 0 Å². The van der Waals surface area contributed by atoms with Crippen molar-refractivity contribution in [3.05, 3.63) is 83.4 Å². The van der Waals surface area contributed by atoms with Crippen LogP contribution < -0.4 is 5.32 Å². The first-order valence-corrected chi connectivity index (χ1v) is 11.6. The Labute approximate surface area is 188 Å². The Morgan fingerprint density at radius 1 is 0.710 bits per heavy atom. The van der Waals surface area contributed by atoms with E-state index < -0.39 is 0 Å². The molecule has 0 spiro atoms. The van der Waals surface area contributed by atoms with Crippen LogP contribution >= 0.6 is 0 Å². The molecule has 0 bridgehead atoms. The molecule has 162 valence electrons. The highest BCUT2D eigenvalue weighted by Crippen LogP contribution is 2.49. The van der Waals surface area contributed by atoms with Crippen molar-refractivity contribution in [2.75, 3.05) is 5.32 Å². The van der Waals surface area contributed by atoms with Crippen LogP contribution in [0.15, 0.2) is 66.7 Å². The standard InChI is InChI=1S/C30H37N/c1-28(2,3)22-13-15-23(16-14-22)31-27-20-26-25(29(4,5)17-18-30(26,6)7)19-24(27)21-11-9-8-10-12-21/h8-16,19-20,31H,17-18H2,1-7H3. The van der Waals surface area contributed by atoms with Crippen LogP contribution in [0.2, 0.25) is 0 Å². The number of rotatable bonds is 3. The quantitative estimate of drug-likeness (QED) is 0.454. The predicted octanol–water partition coefficient (Wildman–Crippen LogP) is 8.74. The normalized spacial score (nSPS) is 17.1. The van der Waals surface area contributed by atoms with E-state index in [0.29, 0.717) is 0 Å². The average Bonchev–Trinajstić information content (AvgIpc) is 2.72. The second-order valence-electron chi connectivity index (χ2n) is 11.5. The van der Waals surface area contributed by atoms with Crippen molar-refractivity contribution in [2.45, 2.75) is 77.6 Å². The van der Waals surface area contributed by atoms with Crippen LogP contribution in [0.1, 0.15) is 78.0 Å². The molecular formula is C30H37N. The highest BCUT2D eigenvalue weighted by Gasteiger charge is 2.37. The monoisotopic (exact) mass is 411 g/mol. The number of nitrogens with one attached hydrogen (secondary N) is 1. The zero-order valence-corrected chi connectivity index (χ0v) is 20.3. The molecule has 0 amide bonds. The van der Waals surface area contributed by atoms with E-state index in [2.05, 4.69) is 121 Å². The molecule has 0 atom stereocenters. The van der Waals surface area contributed by atoms with Gasteiger partial charge in [-0.25, -0.2) is 0 Å². The van der Waals surface area contributed by atoms with Crippen molar-refractivity contribution in [1.29, 1.82) is 0 Å². The van der Waals surface area contributed by atoms with Gasteiger partial charge in [0.25, 0.3) is 0 Å². The summed E-state index contributed by atoms with van der Waals surface area (Å²) in [6.45, 7) is 16.4. The minimum Gasteiger partial charge on any atom is -0.355 e. The van der Waals surface area contributed by atoms with Crippen LogP contribution in [0.5, 0.6) is 0 Å². The molecular weight excluding hydrogens is 374 g/mol. The maximum absolute atomic E-state index is 3.76. The molecule has 31 heavy (non-hydrogen) atoms. The Kier molecular flexibility index (Phi) is 5.28. The van der Waals surface area contributed by atoms with Gasteiger partial charge in [-0.05, 0) is 75.6 Å². The molecule has 1 N–H and O–H groups in total. The largest absolute Gasteiger partial charge is 0.355 e. The van der Waals surface area contributed by atoms with Gasteiger partial charge in [0.15, 0.2) is 0 Å². The molecule has 3 aromatic rings. The van der Waals surface area contributed by atoms with Crippen molar-refractivity contribution < 1.29 is 0 Å². The van der Waals surface area contributed by atoms with Crippen LogP contribution in [-0.2, 0) is 16.2 Å². The van der Waals surface area contributed by atoms with Gasteiger partial charge in [-0.2, -0.15) is 0 Å². The van der Waals surface area contributed by atoms with Crippen LogP contribution in [0, 0.1) is 0 Å². The van der Waals surface area contributed by atoms with Gasteiger partial charge in [-0.15, -0.1) is 0 Å². The second kappa shape index (κ2) is 7.55. The molecule has 0 radical (unpaired) electrons. The molecule has 1 heteroatoms. The molecule has 0 fully saturated rings. The molecule has 1 aliphatic carbocycles. The molecule has 1 aliphatic rings. The average molecular weight is 412 g/mol. The van der Waals surface area contributed by atoms with Crippen molar-refractivity contribution in [1.82, 2.24) is 0 Å². The lowest BCUT2D eigenvalue weighted by atomic mass is 9.62. The zero-order chi connectivity index (χ0) is 22.4. The molecule has 1 nitrogen and oxygen atoms in total. The van der Waals surface area contributed by atoms with Crippen molar-refractivity contribution >= 4 is 11.4 Å². The Balaban J connectivity index is 1.84. The lowest BCUT2D eigenvalue weighted by Gasteiger charge is -2.42. The minimum absolute atomic E-state index is 0.162. The van der Waals surface area contributed by atoms with E-state index in [1.165, 1.54) is 46.3 Å². The van der Waals surface area contributed by atoms with Crippen molar-refractivity contribution in [3.63, 3.8) is 0 Å². The summed E-state index contributed by atoms with van der Waals surface area (Å²) in [5.41, 5.74) is 9.76. The fraction of sp³-hybridized carbons (Fsp3) is 0.400. The summed E-state index contributed by atoms with van der Waals surface area (Å²) in [6, 6.07) is 24.6. The number of benzene rings is 3. The molecule has 3 aromatic carbocycles. The third-order valence-corrected chi connectivity index (χ3v) is 7.11. The van der Waals surface area contributed by atoms with Crippen LogP contribution in [0.4, 0.5) is 11.4 Å². The third-order valence-electron chi connectivity index (χ3n) is 7.11. The number of anilines is 2. The highest BCUT2D eigenvalue weighted by molar-refractivity contribution is 5.83. The van der Waals surface area contributed by atoms with Gasteiger partial charge in [-0.1, -0.05) is 90.9 Å². The lowest BCUT2D eigenvalue weighted by Crippen LogP contribution is -2.34. The Morgan fingerprint density at radius 2 is 1.26 bits per heavy atom. The highest BCUT2D eigenvalue weighted by atomic mass is 14.9. The van der Waals surface area contributed by atoms with E-state index in [0.717, 1.165) is 5.69 Å². The maximum Gasteiger partial charge on any atom is 0.0467 e. The number of hydrogen-bond acceptors (Lipinski definition) is 1. The first-order chi connectivity index (χ1) is 14.5. The Morgan fingerprint density at radius 3 is 1.81 bits per heavy atom. The number of fused-ring (bicyclic) bond motifs is 1. The first-order valence-electron chi connectivity index (χ1n) is 11.6. The van der Waals surface area contributed by atoms with Crippen LogP contribution in [-0.4, -0.2) is 0 Å². The predicted molar refractivity (Wildman–Crippen MR) is 136 cm³/mol. The molecule has 4 rings (SSSR count). The van der Waals surface area contributed by atoms with Crippen molar-refractivity contribution in [2.24, 2.45) is 0 Å². The topological polar surface area (TPSA) is 12.0 Å². The maximum atomic E-state index is 3.76. The summed E-state index contributed by atoms with van der Waals surface area (Å²) >= 11 is 0. The van der Waals surface area contributed by atoms with Gasteiger partial charge in [0.2, 0.25) is 0 Å². The van der Waals surface area contributed by atoms with E-state index in [1.54, 1.807) is 0 Å². The van der Waals surface area contributed by atoms with Crippen LogP contribution in [0.25, 0.3) is 11.1 Å². The van der Waals surface area contributed by atoms with Crippen LogP contribution in [0.3, 0.4) is 0 Å².